The molecule has 0 aliphatic heterocycles. The van der Waals surface area contributed by atoms with Crippen molar-refractivity contribution in [3.8, 4) is 0 Å². The average molecular weight is 437 g/mol. The molecule has 0 heterocycles. The summed E-state index contributed by atoms with van der Waals surface area (Å²) in [5.41, 5.74) is 0. The van der Waals surface area contributed by atoms with Crippen molar-refractivity contribution in [2.24, 2.45) is 0 Å². The predicted octanol–water partition coefficient (Wildman–Crippen LogP) is 7.40. The third-order valence-corrected chi connectivity index (χ3v) is 5.52. The van der Waals surface area contributed by atoms with Gasteiger partial charge in [-0.25, -0.2) is 4.57 Å². The molecular formula is C20H43NiO4P. The third kappa shape index (κ3) is 22.6. The van der Waals surface area contributed by atoms with E-state index in [4.69, 9.17) is 9.05 Å². The summed E-state index contributed by atoms with van der Waals surface area (Å²) in [6, 6.07) is 0. The molecule has 6 heteroatoms. The molecule has 0 saturated carbocycles. The quantitative estimate of drug-likeness (QED) is 0.123. The molecule has 26 heavy (non-hydrogen) atoms. The van der Waals surface area contributed by atoms with Gasteiger partial charge >= 0.3 is 7.82 Å². The van der Waals surface area contributed by atoms with Crippen LogP contribution in [0.15, 0.2) is 0 Å². The van der Waals surface area contributed by atoms with Gasteiger partial charge in [-0.1, -0.05) is 104 Å². The smallest absolute Gasteiger partial charge is 0.302 e. The fraction of sp³-hybridized carbons (Fsp3) is 1.00. The monoisotopic (exact) mass is 436 g/mol. The van der Waals surface area contributed by atoms with Crippen molar-refractivity contribution in [1.29, 1.82) is 0 Å². The van der Waals surface area contributed by atoms with E-state index in [1.165, 1.54) is 77.0 Å². The van der Waals surface area contributed by atoms with E-state index in [-0.39, 0.29) is 16.5 Å². The molecule has 0 aromatic heterocycles. The molecule has 0 aliphatic carbocycles. The first-order valence-corrected chi connectivity index (χ1v) is 12.2. The molecule has 162 valence electrons. The Morgan fingerprint density at radius 1 is 0.577 bits per heavy atom. The minimum atomic E-state index is -3.83. The second-order valence-electron chi connectivity index (χ2n) is 7.08. The summed E-state index contributed by atoms with van der Waals surface area (Å²) in [4.78, 5) is 9.63. The van der Waals surface area contributed by atoms with E-state index in [1.807, 2.05) is 0 Å². The molecule has 0 aromatic rings. The van der Waals surface area contributed by atoms with Crippen LogP contribution >= 0.6 is 7.82 Å². The summed E-state index contributed by atoms with van der Waals surface area (Å²) in [6.07, 6.45) is 19.1. The normalized spacial score (nSPS) is 11.5. The topological polar surface area (TPSA) is 55.8 Å². The molecule has 0 unspecified atom stereocenters. The molecule has 4 nitrogen and oxygen atoms in total. The van der Waals surface area contributed by atoms with E-state index in [0.29, 0.717) is 13.2 Å². The van der Waals surface area contributed by atoms with Gasteiger partial charge < -0.3 is 4.89 Å². The van der Waals surface area contributed by atoms with Crippen LogP contribution in [0.25, 0.3) is 0 Å². The first-order valence-electron chi connectivity index (χ1n) is 10.7. The van der Waals surface area contributed by atoms with Gasteiger partial charge in [0.2, 0.25) is 0 Å². The summed E-state index contributed by atoms with van der Waals surface area (Å²) in [5.74, 6) is 0. The third-order valence-electron chi connectivity index (χ3n) is 4.50. The van der Waals surface area contributed by atoms with Crippen LogP contribution in [-0.4, -0.2) is 18.1 Å². The molecule has 0 amide bonds. The minimum Gasteiger partial charge on any atom is -0.302 e. The number of phosphoric ester groups is 1. The zero-order valence-electron chi connectivity index (χ0n) is 17.2. The number of unbranched alkanes of at least 4 members (excludes halogenated alkanes) is 14. The first kappa shape index (κ1) is 28.8. The van der Waals surface area contributed by atoms with Gasteiger partial charge in [-0.2, -0.15) is 0 Å². The first-order chi connectivity index (χ1) is 12.1. The SMILES string of the molecule is CCCCCCCCCCOP(=O)(O)OCCCCCCCCCC.[Ni]. The Hall–Kier alpha value is 0.604. The van der Waals surface area contributed by atoms with Crippen LogP contribution < -0.4 is 0 Å². The Labute approximate surface area is 172 Å². The Morgan fingerprint density at radius 3 is 1.15 bits per heavy atom. The van der Waals surface area contributed by atoms with Crippen molar-refractivity contribution in [2.45, 2.75) is 117 Å². The molecule has 0 saturated heterocycles. The van der Waals surface area contributed by atoms with Crippen molar-refractivity contribution < 1.29 is 35.0 Å². The van der Waals surface area contributed by atoms with E-state index < -0.39 is 7.82 Å². The largest absolute Gasteiger partial charge is 0.472 e. The molecule has 1 N–H and O–H groups in total. The standard InChI is InChI=1S/C20H43O4P.Ni/c1-3-5-7-9-11-13-15-17-19-23-25(21,22)24-20-18-16-14-12-10-8-6-4-2;/h3-20H2,1-2H3,(H,21,22);. The molecule has 0 fully saturated rings. The number of phosphoric acid groups is 1. The molecule has 0 aliphatic rings. The van der Waals surface area contributed by atoms with Gasteiger partial charge in [-0.15, -0.1) is 0 Å². The zero-order chi connectivity index (χ0) is 18.6. The van der Waals surface area contributed by atoms with Crippen molar-refractivity contribution in [1.82, 2.24) is 0 Å². The zero-order valence-corrected chi connectivity index (χ0v) is 19.0. The van der Waals surface area contributed by atoms with Gasteiger partial charge in [-0.05, 0) is 12.8 Å². The van der Waals surface area contributed by atoms with Crippen molar-refractivity contribution in [2.75, 3.05) is 13.2 Å². The minimum absolute atomic E-state index is 0. The maximum Gasteiger partial charge on any atom is 0.472 e. The van der Waals surface area contributed by atoms with E-state index in [2.05, 4.69) is 13.8 Å². The summed E-state index contributed by atoms with van der Waals surface area (Å²) in [5, 5.41) is 0. The van der Waals surface area contributed by atoms with Gasteiger partial charge in [0.1, 0.15) is 0 Å². The fourth-order valence-electron chi connectivity index (χ4n) is 2.87. The van der Waals surface area contributed by atoms with E-state index in [0.717, 1.165) is 25.7 Å². The maximum atomic E-state index is 11.7. The molecule has 0 radical (unpaired) electrons. The molecule has 0 spiro atoms. The molecular weight excluding hydrogens is 394 g/mol. The van der Waals surface area contributed by atoms with Gasteiger partial charge in [0.25, 0.3) is 0 Å². The van der Waals surface area contributed by atoms with E-state index >= 15 is 0 Å². The summed E-state index contributed by atoms with van der Waals surface area (Å²) in [6.45, 7) is 5.09. The Balaban J connectivity index is 0. The van der Waals surface area contributed by atoms with E-state index in [9.17, 15) is 9.46 Å². The van der Waals surface area contributed by atoms with Crippen LogP contribution in [0.4, 0.5) is 0 Å². The number of hydrogen-bond acceptors (Lipinski definition) is 3. The predicted molar refractivity (Wildman–Crippen MR) is 107 cm³/mol. The van der Waals surface area contributed by atoms with Crippen LogP contribution in [0, 0.1) is 0 Å². The van der Waals surface area contributed by atoms with Gasteiger partial charge in [-0.3, -0.25) is 9.05 Å². The summed E-state index contributed by atoms with van der Waals surface area (Å²) in [7, 11) is -3.83. The van der Waals surface area contributed by atoms with E-state index in [1.54, 1.807) is 0 Å². The van der Waals surface area contributed by atoms with Crippen LogP contribution in [0.5, 0.6) is 0 Å². The van der Waals surface area contributed by atoms with Crippen LogP contribution in [0.1, 0.15) is 117 Å². The fourth-order valence-corrected chi connectivity index (χ4v) is 3.66. The van der Waals surface area contributed by atoms with Gasteiger partial charge in [0.05, 0.1) is 13.2 Å². The average Bonchev–Trinajstić information content (AvgIpc) is 2.59. The van der Waals surface area contributed by atoms with Crippen molar-refractivity contribution >= 4 is 7.82 Å². The summed E-state index contributed by atoms with van der Waals surface area (Å²) >= 11 is 0. The van der Waals surface area contributed by atoms with Crippen LogP contribution in [-0.2, 0) is 30.1 Å². The number of hydrogen-bond donors (Lipinski definition) is 1. The Morgan fingerprint density at radius 2 is 0.846 bits per heavy atom. The molecule has 0 bridgehead atoms. The van der Waals surface area contributed by atoms with Gasteiger partial charge in [0, 0.05) is 16.5 Å². The second kappa shape index (κ2) is 21.9. The molecule has 0 aromatic carbocycles. The van der Waals surface area contributed by atoms with Crippen molar-refractivity contribution in [3.63, 3.8) is 0 Å². The second-order valence-corrected chi connectivity index (χ2v) is 8.54. The Kier molecular flexibility index (Phi) is 24.3. The Bertz CT molecular complexity index is 290. The molecule has 0 atom stereocenters. The maximum absolute atomic E-state index is 11.7. The number of rotatable bonds is 20. The van der Waals surface area contributed by atoms with Crippen LogP contribution in [0.3, 0.4) is 0 Å². The molecule has 0 rings (SSSR count). The summed E-state index contributed by atoms with van der Waals surface area (Å²) < 4.78 is 21.8. The van der Waals surface area contributed by atoms with Gasteiger partial charge in [0.15, 0.2) is 0 Å². The van der Waals surface area contributed by atoms with Crippen molar-refractivity contribution in [3.05, 3.63) is 0 Å². The van der Waals surface area contributed by atoms with Crippen LogP contribution in [0.2, 0.25) is 0 Å².